The number of nitrogens with one attached hydrogen (secondary N) is 1. The quantitative estimate of drug-likeness (QED) is 0.823. The van der Waals surface area contributed by atoms with E-state index < -0.39 is 26.7 Å². The van der Waals surface area contributed by atoms with E-state index in [1.165, 1.54) is 13.5 Å². The maximum absolute atomic E-state index is 12.4. The first-order valence-electron chi connectivity index (χ1n) is 8.15. The first-order chi connectivity index (χ1) is 10.4. The first kappa shape index (κ1) is 17.2. The molecule has 0 spiro atoms. The van der Waals surface area contributed by atoms with Crippen molar-refractivity contribution < 1.29 is 18.0 Å². The zero-order chi connectivity index (χ0) is 16.2. The number of carbonyl (C=O) groups is 2. The first-order valence-corrected chi connectivity index (χ1v) is 9.86. The summed E-state index contributed by atoms with van der Waals surface area (Å²) in [6.45, 7) is 0.986. The molecule has 22 heavy (non-hydrogen) atoms. The summed E-state index contributed by atoms with van der Waals surface area (Å²) >= 11 is 0. The predicted molar refractivity (Wildman–Crippen MR) is 84.0 cm³/mol. The molecule has 7 heteroatoms. The number of amides is 2. The topological polar surface area (TPSA) is 83.6 Å². The van der Waals surface area contributed by atoms with Crippen LogP contribution < -0.4 is 5.32 Å². The van der Waals surface area contributed by atoms with Crippen molar-refractivity contribution in [3.8, 4) is 0 Å². The van der Waals surface area contributed by atoms with Crippen LogP contribution in [0.1, 0.15) is 44.9 Å². The van der Waals surface area contributed by atoms with Gasteiger partial charge in [-0.05, 0) is 25.7 Å². The number of rotatable bonds is 4. The van der Waals surface area contributed by atoms with Crippen molar-refractivity contribution in [3.63, 3.8) is 0 Å². The fourth-order valence-electron chi connectivity index (χ4n) is 3.42. The highest BCUT2D eigenvalue weighted by atomic mass is 32.2. The van der Waals surface area contributed by atoms with Gasteiger partial charge in [0, 0.05) is 26.1 Å². The van der Waals surface area contributed by atoms with Gasteiger partial charge in [0.2, 0.25) is 11.8 Å². The second kappa shape index (κ2) is 7.44. The standard InChI is InChI=1S/C15H26N2O4S/c1-16-14(18)11-22(20,21)13-7-9-17(10-8-13)15(19)12-5-3-2-4-6-12/h12-13H,2-11H2,1H3,(H,16,18). The van der Waals surface area contributed by atoms with E-state index >= 15 is 0 Å². The van der Waals surface area contributed by atoms with Gasteiger partial charge in [0.25, 0.3) is 0 Å². The molecule has 1 aliphatic carbocycles. The van der Waals surface area contributed by atoms with Gasteiger partial charge in [-0.15, -0.1) is 0 Å². The molecule has 1 aliphatic heterocycles. The number of likely N-dealkylation sites (tertiary alicyclic amines) is 1. The van der Waals surface area contributed by atoms with E-state index in [9.17, 15) is 18.0 Å². The normalized spacial score (nSPS) is 21.6. The van der Waals surface area contributed by atoms with E-state index in [1.54, 1.807) is 0 Å². The lowest BCUT2D eigenvalue weighted by molar-refractivity contribution is -0.137. The Morgan fingerprint density at radius 1 is 1.05 bits per heavy atom. The summed E-state index contributed by atoms with van der Waals surface area (Å²) < 4.78 is 24.3. The Hall–Kier alpha value is -1.11. The average molecular weight is 330 g/mol. The van der Waals surface area contributed by atoms with Crippen LogP contribution in [0.15, 0.2) is 0 Å². The number of nitrogens with zero attached hydrogens (tertiary/aromatic N) is 1. The molecular formula is C15H26N2O4S. The molecule has 2 aliphatic rings. The third-order valence-corrected chi connectivity index (χ3v) is 6.98. The lowest BCUT2D eigenvalue weighted by Crippen LogP contribution is -2.46. The molecule has 1 saturated carbocycles. The zero-order valence-electron chi connectivity index (χ0n) is 13.2. The van der Waals surface area contributed by atoms with Crippen LogP contribution in [0.3, 0.4) is 0 Å². The summed E-state index contributed by atoms with van der Waals surface area (Å²) in [4.78, 5) is 25.6. The maximum atomic E-state index is 12.4. The minimum Gasteiger partial charge on any atom is -0.358 e. The van der Waals surface area contributed by atoms with Crippen molar-refractivity contribution in [2.45, 2.75) is 50.2 Å². The van der Waals surface area contributed by atoms with Gasteiger partial charge in [0.15, 0.2) is 9.84 Å². The van der Waals surface area contributed by atoms with Gasteiger partial charge in [-0.2, -0.15) is 0 Å². The van der Waals surface area contributed by atoms with Crippen molar-refractivity contribution in [2.24, 2.45) is 5.92 Å². The van der Waals surface area contributed by atoms with E-state index in [1.807, 2.05) is 4.90 Å². The van der Waals surface area contributed by atoms with Crippen molar-refractivity contribution in [2.75, 3.05) is 25.9 Å². The Morgan fingerprint density at radius 2 is 1.64 bits per heavy atom. The smallest absolute Gasteiger partial charge is 0.234 e. The molecule has 126 valence electrons. The SMILES string of the molecule is CNC(=O)CS(=O)(=O)C1CCN(C(=O)C2CCCCC2)CC1. The molecule has 0 atom stereocenters. The third-order valence-electron chi connectivity index (χ3n) is 4.83. The van der Waals surface area contributed by atoms with E-state index in [-0.39, 0.29) is 11.8 Å². The van der Waals surface area contributed by atoms with Gasteiger partial charge in [-0.1, -0.05) is 19.3 Å². The van der Waals surface area contributed by atoms with E-state index in [2.05, 4.69) is 5.32 Å². The molecule has 2 amide bonds. The van der Waals surface area contributed by atoms with Gasteiger partial charge < -0.3 is 10.2 Å². The molecular weight excluding hydrogens is 304 g/mol. The summed E-state index contributed by atoms with van der Waals surface area (Å²) in [6, 6.07) is 0. The monoisotopic (exact) mass is 330 g/mol. The Morgan fingerprint density at radius 3 is 2.18 bits per heavy atom. The molecule has 1 heterocycles. The molecule has 2 rings (SSSR count). The van der Waals surface area contributed by atoms with E-state index in [4.69, 9.17) is 0 Å². The summed E-state index contributed by atoms with van der Waals surface area (Å²) in [5.41, 5.74) is 0. The van der Waals surface area contributed by atoms with Crippen LogP contribution in [0.2, 0.25) is 0 Å². The fourth-order valence-corrected chi connectivity index (χ4v) is 5.09. The minimum atomic E-state index is -3.42. The Bertz CT molecular complexity index is 504. The highest BCUT2D eigenvalue weighted by Gasteiger charge is 2.34. The van der Waals surface area contributed by atoms with Gasteiger partial charge in [0.05, 0.1) is 5.25 Å². The van der Waals surface area contributed by atoms with E-state index in [0.717, 1.165) is 25.7 Å². The lowest BCUT2D eigenvalue weighted by atomic mass is 9.88. The fraction of sp³-hybridized carbons (Fsp3) is 0.867. The van der Waals surface area contributed by atoms with E-state index in [0.29, 0.717) is 25.9 Å². The predicted octanol–water partition coefficient (Wildman–Crippen LogP) is 0.719. The highest BCUT2D eigenvalue weighted by Crippen LogP contribution is 2.27. The Labute approximate surface area is 132 Å². The maximum Gasteiger partial charge on any atom is 0.234 e. The van der Waals surface area contributed by atoms with Crippen LogP contribution in [0, 0.1) is 5.92 Å². The molecule has 1 saturated heterocycles. The van der Waals surface area contributed by atoms with Gasteiger partial charge >= 0.3 is 0 Å². The second-order valence-electron chi connectivity index (χ2n) is 6.34. The molecule has 0 bridgehead atoms. The Balaban J connectivity index is 1.87. The van der Waals surface area contributed by atoms with Crippen LogP contribution in [0.4, 0.5) is 0 Å². The molecule has 0 aromatic rings. The zero-order valence-corrected chi connectivity index (χ0v) is 14.0. The molecule has 0 unspecified atom stereocenters. The average Bonchev–Trinajstić information content (AvgIpc) is 2.54. The molecule has 1 N–H and O–H groups in total. The lowest BCUT2D eigenvalue weighted by Gasteiger charge is -2.34. The Kier molecular flexibility index (Phi) is 5.83. The summed E-state index contributed by atoms with van der Waals surface area (Å²) in [7, 11) is -1.98. The number of hydrogen-bond donors (Lipinski definition) is 1. The number of piperidine rings is 1. The van der Waals surface area contributed by atoms with Gasteiger partial charge in [-0.25, -0.2) is 8.42 Å². The van der Waals surface area contributed by atoms with Crippen molar-refractivity contribution >= 4 is 21.7 Å². The molecule has 0 radical (unpaired) electrons. The van der Waals surface area contributed by atoms with Crippen molar-refractivity contribution in [3.05, 3.63) is 0 Å². The summed E-state index contributed by atoms with van der Waals surface area (Å²) in [6.07, 6.45) is 6.27. The number of sulfone groups is 1. The van der Waals surface area contributed by atoms with Crippen LogP contribution >= 0.6 is 0 Å². The molecule has 2 fully saturated rings. The van der Waals surface area contributed by atoms with Crippen LogP contribution in [0.5, 0.6) is 0 Å². The molecule has 0 aromatic heterocycles. The summed E-state index contributed by atoms with van der Waals surface area (Å²) in [5.74, 6) is -0.597. The molecule has 0 aromatic carbocycles. The number of hydrogen-bond acceptors (Lipinski definition) is 4. The molecule has 6 nitrogen and oxygen atoms in total. The minimum absolute atomic E-state index is 0.132. The van der Waals surface area contributed by atoms with Crippen LogP contribution in [-0.4, -0.2) is 56.3 Å². The largest absolute Gasteiger partial charge is 0.358 e. The van der Waals surface area contributed by atoms with Gasteiger partial charge in [-0.3, -0.25) is 9.59 Å². The van der Waals surface area contributed by atoms with Crippen molar-refractivity contribution in [1.82, 2.24) is 10.2 Å². The van der Waals surface area contributed by atoms with Crippen molar-refractivity contribution in [1.29, 1.82) is 0 Å². The van der Waals surface area contributed by atoms with Crippen LogP contribution in [-0.2, 0) is 19.4 Å². The van der Waals surface area contributed by atoms with Crippen LogP contribution in [0.25, 0.3) is 0 Å². The highest BCUT2D eigenvalue weighted by molar-refractivity contribution is 7.92. The third kappa shape index (κ3) is 4.21. The second-order valence-corrected chi connectivity index (χ2v) is 8.62. The summed E-state index contributed by atoms with van der Waals surface area (Å²) in [5, 5.41) is 1.85. The number of carbonyl (C=O) groups excluding carboxylic acids is 2. The van der Waals surface area contributed by atoms with Gasteiger partial charge in [0.1, 0.15) is 5.75 Å².